The Hall–Kier alpha value is -2.18. The number of rotatable bonds is 5. The first-order chi connectivity index (χ1) is 10.2. The van der Waals surface area contributed by atoms with E-state index in [1.807, 2.05) is 35.7 Å². The van der Waals surface area contributed by atoms with Crippen LogP contribution in [-0.4, -0.2) is 27.4 Å². The Balaban J connectivity index is 1.67. The second-order valence-corrected chi connectivity index (χ2v) is 5.53. The highest BCUT2D eigenvalue weighted by Crippen LogP contribution is 2.13. The van der Waals surface area contributed by atoms with Gasteiger partial charge in [0.05, 0.1) is 18.4 Å². The van der Waals surface area contributed by atoms with E-state index in [-0.39, 0.29) is 18.7 Å². The molecule has 0 radical (unpaired) electrons. The number of aliphatic hydroxyl groups excluding tert-OH is 1. The van der Waals surface area contributed by atoms with E-state index in [0.717, 1.165) is 0 Å². The lowest BCUT2D eigenvalue weighted by Gasteiger charge is -2.13. The topological polar surface area (TPSA) is 64.4 Å². The second-order valence-electron chi connectivity index (χ2n) is 4.61. The molecule has 2 heterocycles. The molecule has 2 aromatic heterocycles. The van der Waals surface area contributed by atoms with Crippen molar-refractivity contribution in [2.24, 2.45) is 0 Å². The van der Waals surface area contributed by atoms with Crippen molar-refractivity contribution in [2.45, 2.75) is 12.6 Å². The van der Waals surface area contributed by atoms with Gasteiger partial charge in [0.2, 0.25) is 0 Å². The molecule has 1 N–H and O–H groups in total. The molecule has 0 bridgehead atoms. The van der Waals surface area contributed by atoms with Gasteiger partial charge in [-0.15, -0.1) is 11.3 Å². The Morgan fingerprint density at radius 3 is 2.90 bits per heavy atom. The van der Waals surface area contributed by atoms with Crippen molar-refractivity contribution in [2.75, 3.05) is 6.61 Å². The van der Waals surface area contributed by atoms with Gasteiger partial charge in [0.1, 0.15) is 23.2 Å². The Labute approximate surface area is 125 Å². The zero-order chi connectivity index (χ0) is 14.7. The van der Waals surface area contributed by atoms with E-state index in [4.69, 9.17) is 4.74 Å². The van der Waals surface area contributed by atoms with Gasteiger partial charge < -0.3 is 9.84 Å². The summed E-state index contributed by atoms with van der Waals surface area (Å²) in [5.74, 6) is 0.690. The molecule has 3 aromatic rings. The van der Waals surface area contributed by atoms with Crippen LogP contribution in [0.5, 0.6) is 5.75 Å². The highest BCUT2D eigenvalue weighted by molar-refractivity contribution is 7.17. The summed E-state index contributed by atoms with van der Waals surface area (Å²) in [4.78, 5) is 16.4. The molecule has 1 aromatic carbocycles. The van der Waals surface area contributed by atoms with Crippen LogP contribution in [0.1, 0.15) is 0 Å². The van der Waals surface area contributed by atoms with Crippen LogP contribution < -0.4 is 10.3 Å². The highest BCUT2D eigenvalue weighted by atomic mass is 32.1. The van der Waals surface area contributed by atoms with Crippen LogP contribution in [-0.2, 0) is 6.54 Å². The third-order valence-electron chi connectivity index (χ3n) is 3.03. The number of hydrogen-bond acceptors (Lipinski definition) is 5. The molecule has 1 atom stereocenters. The van der Waals surface area contributed by atoms with Crippen molar-refractivity contribution in [3.8, 4) is 5.75 Å². The van der Waals surface area contributed by atoms with E-state index in [1.165, 1.54) is 22.2 Å². The van der Waals surface area contributed by atoms with E-state index in [2.05, 4.69) is 4.98 Å². The number of thiophene rings is 1. The first-order valence-corrected chi connectivity index (χ1v) is 7.40. The van der Waals surface area contributed by atoms with Gasteiger partial charge in [-0.05, 0) is 23.6 Å². The molecule has 5 nitrogen and oxygen atoms in total. The van der Waals surface area contributed by atoms with Crippen LogP contribution >= 0.6 is 11.3 Å². The summed E-state index contributed by atoms with van der Waals surface area (Å²) in [6.07, 6.45) is 0.686. The van der Waals surface area contributed by atoms with Gasteiger partial charge in [0, 0.05) is 0 Å². The van der Waals surface area contributed by atoms with E-state index in [9.17, 15) is 9.90 Å². The molecule has 0 aliphatic heterocycles. The smallest absolute Gasteiger partial charge is 0.271 e. The van der Waals surface area contributed by atoms with Crippen LogP contribution in [0.2, 0.25) is 0 Å². The monoisotopic (exact) mass is 302 g/mol. The number of ether oxygens (including phenoxy) is 1. The molecular weight excluding hydrogens is 288 g/mol. The molecular formula is C15H14N2O3S. The molecule has 0 saturated carbocycles. The fourth-order valence-electron chi connectivity index (χ4n) is 2.00. The van der Waals surface area contributed by atoms with Crippen LogP contribution in [0, 0.1) is 0 Å². The fraction of sp³-hybridized carbons (Fsp3) is 0.200. The molecule has 0 fully saturated rings. The van der Waals surface area contributed by atoms with E-state index >= 15 is 0 Å². The maximum atomic E-state index is 12.2. The number of nitrogens with zero attached hydrogens (tertiary/aromatic N) is 2. The summed E-state index contributed by atoms with van der Waals surface area (Å²) < 4.78 is 7.49. The number of hydrogen-bond donors (Lipinski definition) is 1. The predicted octanol–water partition coefficient (Wildman–Crippen LogP) is 1.90. The number of aliphatic hydroxyl groups is 1. The van der Waals surface area contributed by atoms with Gasteiger partial charge in [-0.2, -0.15) is 0 Å². The molecule has 3 rings (SSSR count). The molecule has 1 unspecified atom stereocenters. The number of para-hydroxylation sites is 1. The first-order valence-electron chi connectivity index (χ1n) is 6.52. The van der Waals surface area contributed by atoms with E-state index in [0.29, 0.717) is 16.0 Å². The van der Waals surface area contributed by atoms with Crippen molar-refractivity contribution in [1.82, 2.24) is 9.55 Å². The Bertz CT molecular complexity index is 782. The Morgan fingerprint density at radius 1 is 1.29 bits per heavy atom. The molecule has 0 aliphatic carbocycles. The summed E-state index contributed by atoms with van der Waals surface area (Å²) >= 11 is 1.36. The second kappa shape index (κ2) is 6.07. The lowest BCUT2D eigenvalue weighted by atomic mass is 10.3. The van der Waals surface area contributed by atoms with Crippen LogP contribution in [0.25, 0.3) is 10.2 Å². The van der Waals surface area contributed by atoms with Crippen molar-refractivity contribution in [3.05, 3.63) is 58.5 Å². The average molecular weight is 302 g/mol. The largest absolute Gasteiger partial charge is 0.491 e. The molecule has 0 aliphatic rings. The molecule has 108 valence electrons. The molecule has 0 amide bonds. The first kappa shape index (κ1) is 13.8. The van der Waals surface area contributed by atoms with Gasteiger partial charge in [-0.1, -0.05) is 18.2 Å². The zero-order valence-electron chi connectivity index (χ0n) is 11.2. The summed E-state index contributed by atoms with van der Waals surface area (Å²) in [7, 11) is 0. The maximum absolute atomic E-state index is 12.2. The molecule has 6 heteroatoms. The summed E-state index contributed by atoms with van der Waals surface area (Å²) in [5, 5.41) is 11.8. The van der Waals surface area contributed by atoms with Crippen LogP contribution in [0.15, 0.2) is 52.9 Å². The minimum atomic E-state index is -0.776. The number of aromatic nitrogens is 2. The molecule has 0 saturated heterocycles. The summed E-state index contributed by atoms with van der Waals surface area (Å²) in [5.41, 5.74) is 0.560. The summed E-state index contributed by atoms with van der Waals surface area (Å²) in [6, 6.07) is 11.1. The Kier molecular flexibility index (Phi) is 3.98. The number of benzene rings is 1. The van der Waals surface area contributed by atoms with E-state index < -0.39 is 6.10 Å². The summed E-state index contributed by atoms with van der Waals surface area (Å²) in [6.45, 7) is 0.283. The quantitative estimate of drug-likeness (QED) is 0.782. The van der Waals surface area contributed by atoms with Gasteiger partial charge in [0.25, 0.3) is 5.56 Å². The highest BCUT2D eigenvalue weighted by Gasteiger charge is 2.10. The third-order valence-corrected chi connectivity index (χ3v) is 3.92. The van der Waals surface area contributed by atoms with Gasteiger partial charge in [-0.3, -0.25) is 9.36 Å². The third kappa shape index (κ3) is 3.12. The minimum Gasteiger partial charge on any atom is -0.491 e. The van der Waals surface area contributed by atoms with Crippen molar-refractivity contribution in [1.29, 1.82) is 0 Å². The van der Waals surface area contributed by atoms with Crippen molar-refractivity contribution >= 4 is 21.6 Å². The Morgan fingerprint density at radius 2 is 2.10 bits per heavy atom. The van der Waals surface area contributed by atoms with Crippen molar-refractivity contribution < 1.29 is 9.84 Å². The lowest BCUT2D eigenvalue weighted by molar-refractivity contribution is 0.0915. The zero-order valence-corrected chi connectivity index (χ0v) is 12.0. The van der Waals surface area contributed by atoms with Crippen LogP contribution in [0.3, 0.4) is 0 Å². The maximum Gasteiger partial charge on any atom is 0.271 e. The fourth-order valence-corrected chi connectivity index (χ4v) is 2.79. The standard InChI is InChI=1S/C15H14N2O3S/c18-11(9-20-12-4-2-1-3-5-12)8-17-10-16-13-6-7-21-14(13)15(17)19/h1-7,10-11,18H,8-9H2. The molecule has 21 heavy (non-hydrogen) atoms. The minimum absolute atomic E-state index is 0.124. The predicted molar refractivity (Wildman–Crippen MR) is 81.8 cm³/mol. The molecule has 0 spiro atoms. The lowest BCUT2D eigenvalue weighted by Crippen LogP contribution is -2.30. The average Bonchev–Trinajstić information content (AvgIpc) is 2.98. The SMILES string of the molecule is O=c1c2sccc2ncn1CC(O)COc1ccccc1. The number of fused-ring (bicyclic) bond motifs is 1. The van der Waals surface area contributed by atoms with E-state index in [1.54, 1.807) is 6.07 Å². The van der Waals surface area contributed by atoms with Gasteiger partial charge in [0.15, 0.2) is 0 Å². The van der Waals surface area contributed by atoms with Gasteiger partial charge in [-0.25, -0.2) is 4.98 Å². The van der Waals surface area contributed by atoms with Crippen molar-refractivity contribution in [3.63, 3.8) is 0 Å². The normalized spacial score (nSPS) is 12.4. The van der Waals surface area contributed by atoms with Crippen LogP contribution in [0.4, 0.5) is 0 Å². The van der Waals surface area contributed by atoms with Gasteiger partial charge >= 0.3 is 0 Å².